The van der Waals surface area contributed by atoms with Gasteiger partial charge in [0.25, 0.3) is 11.8 Å². The number of imide groups is 1. The zero-order valence-electron chi connectivity index (χ0n) is 10.7. The Morgan fingerprint density at radius 1 is 0.947 bits per heavy atom. The summed E-state index contributed by atoms with van der Waals surface area (Å²) in [7, 11) is 0. The minimum absolute atomic E-state index is 0.285. The molecule has 0 N–H and O–H groups in total. The zero-order valence-corrected chi connectivity index (χ0v) is 10.7. The molecule has 0 spiro atoms. The lowest BCUT2D eigenvalue weighted by atomic mass is 10.1. The fraction of sp³-hybridized carbons (Fsp3) is 0.133. The van der Waals surface area contributed by atoms with Crippen molar-refractivity contribution in [3.63, 3.8) is 0 Å². The van der Waals surface area contributed by atoms with E-state index < -0.39 is 0 Å². The molecule has 4 heteroatoms. The van der Waals surface area contributed by atoms with E-state index in [1.807, 2.05) is 32.0 Å². The molecule has 1 aliphatic heterocycles. The van der Waals surface area contributed by atoms with Crippen LogP contribution in [0.1, 0.15) is 31.8 Å². The number of amides is 2. The van der Waals surface area contributed by atoms with Crippen molar-refractivity contribution in [3.05, 3.63) is 58.9 Å². The molecule has 0 radical (unpaired) electrons. The summed E-state index contributed by atoms with van der Waals surface area (Å²) in [5.74, 6) is -0.592. The predicted molar refractivity (Wildman–Crippen MR) is 71.3 cm³/mol. The fourth-order valence-electron chi connectivity index (χ4n) is 2.40. The van der Waals surface area contributed by atoms with Crippen molar-refractivity contribution in [2.75, 3.05) is 4.90 Å². The number of carbonyl (C=O) groups excluding carboxylic acids is 2. The summed E-state index contributed by atoms with van der Waals surface area (Å²) in [5.41, 5.74) is 3.43. The largest absolute Gasteiger partial charge is 0.268 e. The first-order valence-electron chi connectivity index (χ1n) is 5.99. The topological polar surface area (TPSA) is 50.3 Å². The Hall–Kier alpha value is -2.49. The summed E-state index contributed by atoms with van der Waals surface area (Å²) >= 11 is 0. The van der Waals surface area contributed by atoms with Crippen molar-refractivity contribution < 1.29 is 9.59 Å². The monoisotopic (exact) mass is 252 g/mol. The first kappa shape index (κ1) is 11.6. The lowest BCUT2D eigenvalue weighted by Gasteiger charge is -2.15. The smallest absolute Gasteiger partial charge is 0.267 e. The number of fused-ring (bicyclic) bond motifs is 1. The number of anilines is 1. The molecule has 0 bridgehead atoms. The summed E-state index contributed by atoms with van der Waals surface area (Å²) in [4.78, 5) is 29.7. The number of pyridine rings is 1. The Kier molecular flexibility index (Phi) is 2.45. The normalized spacial score (nSPS) is 13.9. The van der Waals surface area contributed by atoms with Gasteiger partial charge < -0.3 is 0 Å². The summed E-state index contributed by atoms with van der Waals surface area (Å²) in [6, 6.07) is 7.26. The van der Waals surface area contributed by atoms with Crippen molar-refractivity contribution in [2.45, 2.75) is 13.8 Å². The van der Waals surface area contributed by atoms with Crippen LogP contribution in [0.5, 0.6) is 0 Å². The summed E-state index contributed by atoms with van der Waals surface area (Å²) in [6.45, 7) is 3.88. The van der Waals surface area contributed by atoms with Crippen LogP contribution in [0.15, 0.2) is 36.7 Å². The van der Waals surface area contributed by atoms with E-state index in [1.165, 1.54) is 17.3 Å². The van der Waals surface area contributed by atoms with Gasteiger partial charge in [0.15, 0.2) is 0 Å². The quantitative estimate of drug-likeness (QED) is 0.733. The van der Waals surface area contributed by atoms with Gasteiger partial charge in [0, 0.05) is 12.4 Å². The molecule has 0 saturated carbocycles. The van der Waals surface area contributed by atoms with Crippen molar-refractivity contribution in [2.24, 2.45) is 0 Å². The third-order valence-electron chi connectivity index (χ3n) is 3.15. The molecule has 0 atom stereocenters. The van der Waals surface area contributed by atoms with E-state index in [9.17, 15) is 9.59 Å². The minimum Gasteiger partial charge on any atom is -0.268 e. The molecule has 2 heterocycles. The van der Waals surface area contributed by atoms with E-state index in [-0.39, 0.29) is 11.8 Å². The molecule has 1 aromatic heterocycles. The fourth-order valence-corrected chi connectivity index (χ4v) is 2.40. The van der Waals surface area contributed by atoms with Crippen molar-refractivity contribution in [1.82, 2.24) is 4.98 Å². The number of carbonyl (C=O) groups is 2. The first-order chi connectivity index (χ1) is 9.08. The van der Waals surface area contributed by atoms with Crippen LogP contribution in [0.2, 0.25) is 0 Å². The number of hydrogen-bond donors (Lipinski definition) is 0. The Morgan fingerprint density at radius 3 is 2.21 bits per heavy atom. The molecule has 0 aliphatic carbocycles. The summed E-state index contributed by atoms with van der Waals surface area (Å²) in [6.07, 6.45) is 2.97. The van der Waals surface area contributed by atoms with Crippen LogP contribution in [0, 0.1) is 13.8 Å². The zero-order chi connectivity index (χ0) is 13.6. The van der Waals surface area contributed by atoms with Gasteiger partial charge in [-0.1, -0.05) is 6.07 Å². The number of hydrogen-bond acceptors (Lipinski definition) is 3. The van der Waals surface area contributed by atoms with E-state index in [2.05, 4.69) is 4.98 Å². The van der Waals surface area contributed by atoms with Crippen molar-refractivity contribution in [1.29, 1.82) is 0 Å². The van der Waals surface area contributed by atoms with Crippen molar-refractivity contribution >= 4 is 17.5 Å². The van der Waals surface area contributed by atoms with Gasteiger partial charge in [0.05, 0.1) is 16.8 Å². The lowest BCUT2D eigenvalue weighted by molar-refractivity contribution is 0.0926. The van der Waals surface area contributed by atoms with Crippen LogP contribution in [-0.4, -0.2) is 16.8 Å². The van der Waals surface area contributed by atoms with Gasteiger partial charge in [-0.15, -0.1) is 0 Å². The van der Waals surface area contributed by atoms with Gasteiger partial charge in [0.1, 0.15) is 0 Å². The van der Waals surface area contributed by atoms with E-state index in [4.69, 9.17) is 0 Å². The summed E-state index contributed by atoms with van der Waals surface area (Å²) < 4.78 is 0. The van der Waals surface area contributed by atoms with Crippen LogP contribution in [0.3, 0.4) is 0 Å². The van der Waals surface area contributed by atoms with Crippen LogP contribution < -0.4 is 4.90 Å². The third kappa shape index (κ3) is 1.73. The molecule has 2 amide bonds. The molecule has 3 rings (SSSR count). The van der Waals surface area contributed by atoms with Gasteiger partial charge in [-0.3, -0.25) is 14.6 Å². The second-order valence-corrected chi connectivity index (χ2v) is 4.71. The van der Waals surface area contributed by atoms with E-state index in [0.717, 1.165) is 11.1 Å². The Labute approximate surface area is 110 Å². The minimum atomic E-state index is -0.307. The number of nitrogens with zero attached hydrogens (tertiary/aromatic N) is 2. The SMILES string of the molecule is Cc1cc(C)cc(N2C(=O)c3ccncc3C2=O)c1. The average Bonchev–Trinajstić information content (AvgIpc) is 2.61. The molecular formula is C15H12N2O2. The number of aromatic nitrogens is 1. The highest BCUT2D eigenvalue weighted by Crippen LogP contribution is 2.28. The van der Waals surface area contributed by atoms with Crippen LogP contribution in [0.25, 0.3) is 0 Å². The Morgan fingerprint density at radius 2 is 1.58 bits per heavy atom. The maximum atomic E-state index is 12.3. The second kappa shape index (κ2) is 4.02. The highest BCUT2D eigenvalue weighted by atomic mass is 16.2. The highest BCUT2D eigenvalue weighted by Gasteiger charge is 2.36. The lowest BCUT2D eigenvalue weighted by Crippen LogP contribution is -2.29. The summed E-state index contributed by atoms with van der Waals surface area (Å²) in [5, 5.41) is 0. The van der Waals surface area contributed by atoms with Gasteiger partial charge >= 0.3 is 0 Å². The molecule has 0 unspecified atom stereocenters. The van der Waals surface area contributed by atoms with Gasteiger partial charge in [-0.25, -0.2) is 4.90 Å². The van der Waals surface area contributed by atoms with Crippen LogP contribution in [0.4, 0.5) is 5.69 Å². The van der Waals surface area contributed by atoms with Gasteiger partial charge in [-0.05, 0) is 43.2 Å². The van der Waals surface area contributed by atoms with Crippen LogP contribution >= 0.6 is 0 Å². The molecule has 19 heavy (non-hydrogen) atoms. The second-order valence-electron chi connectivity index (χ2n) is 4.71. The maximum Gasteiger partial charge on any atom is 0.267 e. The molecule has 1 aliphatic rings. The molecule has 1 aromatic carbocycles. The van der Waals surface area contributed by atoms with E-state index in [0.29, 0.717) is 16.8 Å². The van der Waals surface area contributed by atoms with E-state index in [1.54, 1.807) is 6.07 Å². The molecule has 4 nitrogen and oxygen atoms in total. The standard InChI is InChI=1S/C15H12N2O2/c1-9-5-10(2)7-11(6-9)17-14(18)12-3-4-16-8-13(12)15(17)19/h3-8H,1-2H3. The first-order valence-corrected chi connectivity index (χ1v) is 5.99. The Bertz CT molecular complexity index is 652. The molecular weight excluding hydrogens is 240 g/mol. The third-order valence-corrected chi connectivity index (χ3v) is 3.15. The van der Waals surface area contributed by atoms with Crippen molar-refractivity contribution in [3.8, 4) is 0 Å². The predicted octanol–water partition coefficient (Wildman–Crippen LogP) is 2.50. The Balaban J connectivity index is 2.14. The molecule has 94 valence electrons. The van der Waals surface area contributed by atoms with Gasteiger partial charge in [0.2, 0.25) is 0 Å². The number of rotatable bonds is 1. The highest BCUT2D eigenvalue weighted by molar-refractivity contribution is 6.34. The molecule has 0 saturated heterocycles. The maximum absolute atomic E-state index is 12.3. The average molecular weight is 252 g/mol. The number of benzene rings is 1. The molecule has 0 fully saturated rings. The van der Waals surface area contributed by atoms with Gasteiger partial charge in [-0.2, -0.15) is 0 Å². The molecule has 2 aromatic rings. The van der Waals surface area contributed by atoms with Crippen LogP contribution in [-0.2, 0) is 0 Å². The van der Waals surface area contributed by atoms with E-state index >= 15 is 0 Å². The number of aryl methyl sites for hydroxylation is 2.